The lowest BCUT2D eigenvalue weighted by molar-refractivity contribution is 1.02. The van der Waals surface area contributed by atoms with E-state index in [4.69, 9.17) is 0 Å². The van der Waals surface area contributed by atoms with Crippen molar-refractivity contribution in [2.24, 2.45) is 0 Å². The second-order valence-corrected chi connectivity index (χ2v) is 8.69. The van der Waals surface area contributed by atoms with Crippen LogP contribution in [-0.4, -0.2) is 5.75 Å². The average Bonchev–Trinajstić information content (AvgIpc) is 2.97. The highest BCUT2D eigenvalue weighted by Crippen LogP contribution is 2.40. The van der Waals surface area contributed by atoms with Gasteiger partial charge in [0.1, 0.15) is 0 Å². The first-order valence-electron chi connectivity index (χ1n) is 7.67. The number of halogens is 1. The van der Waals surface area contributed by atoms with Gasteiger partial charge in [-0.1, -0.05) is 48.0 Å². The Hall–Kier alpha value is -0.250. The maximum absolute atomic E-state index is 3.93. The van der Waals surface area contributed by atoms with E-state index in [0.29, 0.717) is 4.83 Å². The van der Waals surface area contributed by atoms with Crippen LogP contribution in [0.25, 0.3) is 0 Å². The Bertz CT molecular complexity index is 607. The van der Waals surface area contributed by atoms with Crippen molar-refractivity contribution < 1.29 is 0 Å². The minimum absolute atomic E-state index is 0.342. The van der Waals surface area contributed by atoms with Gasteiger partial charge in [0.2, 0.25) is 0 Å². The van der Waals surface area contributed by atoms with Gasteiger partial charge >= 0.3 is 0 Å². The fourth-order valence-corrected chi connectivity index (χ4v) is 6.02. The van der Waals surface area contributed by atoms with E-state index in [2.05, 4.69) is 65.8 Å². The van der Waals surface area contributed by atoms with E-state index in [0.717, 1.165) is 12.8 Å². The highest BCUT2D eigenvalue weighted by molar-refractivity contribution is 9.09. The van der Waals surface area contributed by atoms with Crippen LogP contribution in [0.3, 0.4) is 0 Å². The van der Waals surface area contributed by atoms with Gasteiger partial charge in [0.15, 0.2) is 0 Å². The maximum Gasteiger partial charge on any atom is 0.0738 e. The molecule has 3 rings (SSSR count). The average molecular weight is 381 g/mol. The second kappa shape index (κ2) is 6.89. The van der Waals surface area contributed by atoms with Crippen molar-refractivity contribution in [1.29, 1.82) is 0 Å². The summed E-state index contributed by atoms with van der Waals surface area (Å²) in [5, 5.41) is 0. The summed E-state index contributed by atoms with van der Waals surface area (Å²) in [6, 6.07) is 9.42. The van der Waals surface area contributed by atoms with Gasteiger partial charge in [-0.05, 0) is 53.3 Å². The van der Waals surface area contributed by atoms with Gasteiger partial charge in [0.25, 0.3) is 0 Å². The molecule has 0 amide bonds. The molecule has 1 aromatic heterocycles. The largest absolute Gasteiger partial charge is 0.157 e. The summed E-state index contributed by atoms with van der Waals surface area (Å²) >= 11 is 8.00. The van der Waals surface area contributed by atoms with E-state index in [1.165, 1.54) is 39.5 Å². The zero-order valence-corrected chi connectivity index (χ0v) is 15.8. The summed E-state index contributed by atoms with van der Waals surface area (Å²) in [4.78, 5) is 3.41. The lowest BCUT2D eigenvalue weighted by atomic mass is 9.98. The third-order valence-electron chi connectivity index (χ3n) is 4.18. The van der Waals surface area contributed by atoms with Gasteiger partial charge in [-0.3, -0.25) is 0 Å². The fraction of sp³-hybridized carbons (Fsp3) is 0.444. The summed E-state index contributed by atoms with van der Waals surface area (Å²) in [6.07, 6.45) is 3.49. The molecule has 1 aliphatic heterocycles. The summed E-state index contributed by atoms with van der Waals surface area (Å²) in [7, 11) is 0. The summed E-state index contributed by atoms with van der Waals surface area (Å²) in [5.41, 5.74) is 5.95. The number of hydrogen-bond acceptors (Lipinski definition) is 2. The summed E-state index contributed by atoms with van der Waals surface area (Å²) in [6.45, 7) is 4.49. The Morgan fingerprint density at radius 3 is 2.67 bits per heavy atom. The molecule has 1 aromatic carbocycles. The third kappa shape index (κ3) is 3.25. The van der Waals surface area contributed by atoms with Gasteiger partial charge < -0.3 is 0 Å². The molecule has 0 radical (unpaired) electrons. The van der Waals surface area contributed by atoms with E-state index in [-0.39, 0.29) is 0 Å². The van der Waals surface area contributed by atoms with Gasteiger partial charge in [0, 0.05) is 15.5 Å². The molecule has 1 unspecified atom stereocenters. The van der Waals surface area contributed by atoms with E-state index >= 15 is 0 Å². The topological polar surface area (TPSA) is 0 Å². The molecule has 0 aliphatic carbocycles. The van der Waals surface area contributed by atoms with Crippen molar-refractivity contribution in [1.82, 2.24) is 0 Å². The molecule has 0 bridgehead atoms. The smallest absolute Gasteiger partial charge is 0.0738 e. The molecule has 1 atom stereocenters. The van der Waals surface area contributed by atoms with Gasteiger partial charge in [0.05, 0.1) is 4.83 Å². The predicted molar refractivity (Wildman–Crippen MR) is 100 cm³/mol. The first-order chi connectivity index (χ1) is 10.2. The van der Waals surface area contributed by atoms with Crippen molar-refractivity contribution in [3.63, 3.8) is 0 Å². The third-order valence-corrected chi connectivity index (χ3v) is 7.82. The van der Waals surface area contributed by atoms with Crippen LogP contribution in [0.5, 0.6) is 0 Å². The quantitative estimate of drug-likeness (QED) is 0.573. The Morgan fingerprint density at radius 2 is 1.95 bits per heavy atom. The first kappa shape index (κ1) is 15.6. The van der Waals surface area contributed by atoms with Crippen LogP contribution in [0.15, 0.2) is 24.3 Å². The van der Waals surface area contributed by atoms with Crippen LogP contribution in [0, 0.1) is 0 Å². The monoisotopic (exact) mass is 380 g/mol. The number of thiophene rings is 1. The highest BCUT2D eigenvalue weighted by atomic mass is 79.9. The number of alkyl halides is 1. The number of fused-ring (bicyclic) bond motifs is 1. The molecule has 0 saturated carbocycles. The van der Waals surface area contributed by atoms with Crippen molar-refractivity contribution in [3.05, 3.63) is 56.3 Å². The molecule has 1 aliphatic rings. The molecule has 3 heteroatoms. The fourth-order valence-electron chi connectivity index (χ4n) is 2.94. The van der Waals surface area contributed by atoms with E-state index < -0.39 is 0 Å². The van der Waals surface area contributed by atoms with Gasteiger partial charge in [-0.15, -0.1) is 11.3 Å². The van der Waals surface area contributed by atoms with Crippen molar-refractivity contribution >= 4 is 39.0 Å². The lowest BCUT2D eigenvalue weighted by Crippen LogP contribution is -1.96. The van der Waals surface area contributed by atoms with Crippen LogP contribution in [0.4, 0.5) is 0 Å². The van der Waals surface area contributed by atoms with Crippen LogP contribution < -0.4 is 0 Å². The molecule has 0 saturated heterocycles. The highest BCUT2D eigenvalue weighted by Gasteiger charge is 2.19. The lowest BCUT2D eigenvalue weighted by Gasteiger charge is -2.12. The number of hydrogen-bond donors (Lipinski definition) is 0. The Labute approximate surface area is 144 Å². The first-order valence-corrected chi connectivity index (χ1v) is 10.6. The number of thioether (sulfide) groups is 1. The van der Waals surface area contributed by atoms with E-state index in [9.17, 15) is 0 Å². The predicted octanol–water partition coefficient (Wildman–Crippen LogP) is 6.15. The minimum atomic E-state index is 0.342. The normalized spacial score (nSPS) is 15.8. The SMILES string of the molecule is CCc1ccc(C(Br)c2cc3c(s2)CCSC3)cc1CC. The Balaban J connectivity index is 1.90. The molecular weight excluding hydrogens is 360 g/mol. The molecule has 112 valence electrons. The van der Waals surface area contributed by atoms with Crippen molar-refractivity contribution in [2.75, 3.05) is 5.75 Å². The molecule has 2 heterocycles. The Kier molecular flexibility index (Phi) is 5.13. The maximum atomic E-state index is 3.93. The standard InChI is InChI=1S/C18H21BrS2/c1-3-12-5-6-14(9-13(12)4-2)18(19)17-10-15-11-20-8-7-16(15)21-17/h5-6,9-10,18H,3-4,7-8,11H2,1-2H3. The van der Waals surface area contributed by atoms with E-state index in [1.54, 1.807) is 10.4 Å². The molecule has 0 nitrogen and oxygen atoms in total. The number of aryl methyl sites for hydroxylation is 3. The van der Waals surface area contributed by atoms with Crippen molar-refractivity contribution in [3.8, 4) is 0 Å². The second-order valence-electron chi connectivity index (χ2n) is 5.50. The number of rotatable bonds is 4. The van der Waals surface area contributed by atoms with E-state index in [1.807, 2.05) is 11.3 Å². The van der Waals surface area contributed by atoms with Crippen LogP contribution in [-0.2, 0) is 25.0 Å². The summed E-state index contributed by atoms with van der Waals surface area (Å²) in [5.74, 6) is 2.48. The van der Waals surface area contributed by atoms with Gasteiger partial charge in [-0.25, -0.2) is 0 Å². The van der Waals surface area contributed by atoms with Crippen LogP contribution in [0.1, 0.15) is 50.7 Å². The molecule has 21 heavy (non-hydrogen) atoms. The number of benzene rings is 1. The molecule has 0 fully saturated rings. The zero-order valence-electron chi connectivity index (χ0n) is 12.6. The molecular formula is C18H21BrS2. The van der Waals surface area contributed by atoms with Crippen LogP contribution >= 0.6 is 39.0 Å². The molecule has 0 N–H and O–H groups in total. The summed E-state index contributed by atoms with van der Waals surface area (Å²) < 4.78 is 0. The molecule has 2 aromatic rings. The minimum Gasteiger partial charge on any atom is -0.157 e. The molecule has 0 spiro atoms. The van der Waals surface area contributed by atoms with Crippen molar-refractivity contribution in [2.45, 2.75) is 43.7 Å². The van der Waals surface area contributed by atoms with Gasteiger partial charge in [-0.2, -0.15) is 11.8 Å². The van der Waals surface area contributed by atoms with Crippen LogP contribution in [0.2, 0.25) is 0 Å². The zero-order chi connectivity index (χ0) is 14.8. The Morgan fingerprint density at radius 1 is 1.14 bits per heavy atom.